The molecule has 0 saturated heterocycles. The monoisotopic (exact) mass is 279 g/mol. The molecule has 0 aliphatic heterocycles. The summed E-state index contributed by atoms with van der Waals surface area (Å²) in [4.78, 5) is 0. The molecule has 0 heterocycles. The number of hydrogen-bond donors (Lipinski definition) is 2. The van der Waals surface area contributed by atoms with Crippen molar-refractivity contribution >= 4 is 0 Å². The lowest BCUT2D eigenvalue weighted by molar-refractivity contribution is 0.0315. The highest BCUT2D eigenvalue weighted by atomic mass is 16.5. The lowest BCUT2D eigenvalue weighted by Gasteiger charge is -2.18. The molecule has 2 rings (SSSR count). The quantitative estimate of drug-likeness (QED) is 0.727. The fraction of sp³-hybridized carbons (Fsp3) is 0.625. The minimum absolute atomic E-state index is 0.194. The van der Waals surface area contributed by atoms with Crippen LogP contribution in [0.4, 0.5) is 0 Å². The molecular weight excluding hydrogens is 254 g/mol. The van der Waals surface area contributed by atoms with Crippen molar-refractivity contribution < 1.29 is 14.6 Å². The standard InChI is InChI=1S/C16H25NO3/c1-12(14-5-7-16(19-2)8-6-14)17-9-15(18)11-20-10-13-3-4-13/h5-8,12-13,15,17-18H,3-4,9-11H2,1-2H3. The Morgan fingerprint density at radius 2 is 2.00 bits per heavy atom. The molecular formula is C16H25NO3. The molecule has 1 aromatic carbocycles. The maximum absolute atomic E-state index is 9.85. The highest BCUT2D eigenvalue weighted by molar-refractivity contribution is 5.28. The molecule has 2 N–H and O–H groups in total. The molecule has 0 radical (unpaired) electrons. The maximum Gasteiger partial charge on any atom is 0.118 e. The van der Waals surface area contributed by atoms with Crippen LogP contribution in [0, 0.1) is 5.92 Å². The summed E-state index contributed by atoms with van der Waals surface area (Å²) < 4.78 is 10.6. The number of benzene rings is 1. The lowest BCUT2D eigenvalue weighted by Crippen LogP contribution is -2.32. The minimum Gasteiger partial charge on any atom is -0.497 e. The molecule has 4 nitrogen and oxygen atoms in total. The largest absolute Gasteiger partial charge is 0.497 e. The van der Waals surface area contributed by atoms with Crippen molar-refractivity contribution in [2.75, 3.05) is 26.9 Å². The summed E-state index contributed by atoms with van der Waals surface area (Å²) in [6, 6.07) is 8.16. The van der Waals surface area contributed by atoms with Gasteiger partial charge in [-0.1, -0.05) is 12.1 Å². The van der Waals surface area contributed by atoms with Gasteiger partial charge in [0.2, 0.25) is 0 Å². The molecule has 1 saturated carbocycles. The third-order valence-corrected chi connectivity index (χ3v) is 3.64. The SMILES string of the molecule is COc1ccc(C(C)NCC(O)COCC2CC2)cc1. The smallest absolute Gasteiger partial charge is 0.118 e. The van der Waals surface area contributed by atoms with Gasteiger partial charge in [0.05, 0.1) is 19.8 Å². The summed E-state index contributed by atoms with van der Waals surface area (Å²) in [6.07, 6.45) is 2.11. The topological polar surface area (TPSA) is 50.7 Å². The molecule has 0 bridgehead atoms. The first-order valence-corrected chi connectivity index (χ1v) is 7.32. The number of nitrogens with one attached hydrogen (secondary N) is 1. The van der Waals surface area contributed by atoms with Crippen molar-refractivity contribution in [2.45, 2.75) is 31.9 Å². The van der Waals surface area contributed by atoms with Crippen LogP contribution in [0.1, 0.15) is 31.4 Å². The molecule has 4 heteroatoms. The molecule has 20 heavy (non-hydrogen) atoms. The van der Waals surface area contributed by atoms with E-state index in [-0.39, 0.29) is 6.04 Å². The average molecular weight is 279 g/mol. The van der Waals surface area contributed by atoms with E-state index in [1.807, 2.05) is 24.3 Å². The van der Waals surface area contributed by atoms with Crippen molar-refractivity contribution in [3.63, 3.8) is 0 Å². The van der Waals surface area contributed by atoms with Crippen LogP contribution in [0.5, 0.6) is 5.75 Å². The number of aliphatic hydroxyl groups excluding tert-OH is 1. The number of aliphatic hydroxyl groups is 1. The van der Waals surface area contributed by atoms with Gasteiger partial charge >= 0.3 is 0 Å². The first kappa shape index (κ1) is 15.3. The Morgan fingerprint density at radius 1 is 1.30 bits per heavy atom. The summed E-state index contributed by atoms with van der Waals surface area (Å²) in [6.45, 7) is 3.83. The molecule has 0 aromatic heterocycles. The van der Waals surface area contributed by atoms with E-state index in [9.17, 15) is 5.11 Å². The zero-order valence-corrected chi connectivity index (χ0v) is 12.3. The van der Waals surface area contributed by atoms with E-state index in [0.717, 1.165) is 18.3 Å². The van der Waals surface area contributed by atoms with E-state index < -0.39 is 6.10 Å². The molecule has 1 aliphatic carbocycles. The highest BCUT2D eigenvalue weighted by Crippen LogP contribution is 2.28. The Bertz CT molecular complexity index is 389. The predicted octanol–water partition coefficient (Wildman–Crippen LogP) is 2.13. The van der Waals surface area contributed by atoms with Crippen molar-refractivity contribution in [1.82, 2.24) is 5.32 Å². The first-order chi connectivity index (χ1) is 9.69. The second kappa shape index (κ2) is 7.62. The van der Waals surface area contributed by atoms with Crippen LogP contribution in [-0.2, 0) is 4.74 Å². The van der Waals surface area contributed by atoms with Gasteiger partial charge in [-0.2, -0.15) is 0 Å². The average Bonchev–Trinajstić information content (AvgIpc) is 3.29. The van der Waals surface area contributed by atoms with Crippen LogP contribution >= 0.6 is 0 Å². The zero-order chi connectivity index (χ0) is 14.4. The van der Waals surface area contributed by atoms with Crippen LogP contribution in [0.25, 0.3) is 0 Å². The van der Waals surface area contributed by atoms with Crippen molar-refractivity contribution in [1.29, 1.82) is 0 Å². The fourth-order valence-corrected chi connectivity index (χ4v) is 2.04. The van der Waals surface area contributed by atoms with E-state index in [1.165, 1.54) is 18.4 Å². The Balaban J connectivity index is 1.65. The number of methoxy groups -OCH3 is 1. The summed E-state index contributed by atoms with van der Waals surface area (Å²) in [7, 11) is 1.66. The third kappa shape index (κ3) is 5.12. The number of hydrogen-bond acceptors (Lipinski definition) is 4. The first-order valence-electron chi connectivity index (χ1n) is 7.32. The molecule has 1 aliphatic rings. The van der Waals surface area contributed by atoms with Crippen molar-refractivity contribution in [2.24, 2.45) is 5.92 Å². The predicted molar refractivity (Wildman–Crippen MR) is 79.0 cm³/mol. The van der Waals surface area contributed by atoms with Crippen LogP contribution in [0.2, 0.25) is 0 Å². The maximum atomic E-state index is 9.85. The third-order valence-electron chi connectivity index (χ3n) is 3.64. The zero-order valence-electron chi connectivity index (χ0n) is 12.3. The Kier molecular flexibility index (Phi) is 5.83. The van der Waals surface area contributed by atoms with Gasteiger partial charge in [-0.05, 0) is 43.4 Å². The van der Waals surface area contributed by atoms with Crippen LogP contribution in [0.3, 0.4) is 0 Å². The second-order valence-corrected chi connectivity index (χ2v) is 5.54. The van der Waals surface area contributed by atoms with Crippen LogP contribution < -0.4 is 10.1 Å². The minimum atomic E-state index is -0.450. The van der Waals surface area contributed by atoms with E-state index in [4.69, 9.17) is 9.47 Å². The summed E-state index contributed by atoms with van der Waals surface area (Å²) in [5.74, 6) is 1.60. The van der Waals surface area contributed by atoms with Gasteiger partial charge in [-0.25, -0.2) is 0 Å². The van der Waals surface area contributed by atoms with Gasteiger partial charge in [-0.15, -0.1) is 0 Å². The van der Waals surface area contributed by atoms with Crippen molar-refractivity contribution in [3.05, 3.63) is 29.8 Å². The van der Waals surface area contributed by atoms with Crippen LogP contribution in [0.15, 0.2) is 24.3 Å². The van der Waals surface area contributed by atoms with Crippen molar-refractivity contribution in [3.8, 4) is 5.75 Å². The van der Waals surface area contributed by atoms with E-state index >= 15 is 0 Å². The highest BCUT2D eigenvalue weighted by Gasteiger charge is 2.21. The second-order valence-electron chi connectivity index (χ2n) is 5.54. The van der Waals surface area contributed by atoms with Gasteiger partial charge in [0.15, 0.2) is 0 Å². The summed E-state index contributed by atoms with van der Waals surface area (Å²) >= 11 is 0. The van der Waals surface area contributed by atoms with Gasteiger partial charge in [0.1, 0.15) is 5.75 Å². The normalized spacial score (nSPS) is 17.8. The van der Waals surface area contributed by atoms with Gasteiger partial charge < -0.3 is 19.9 Å². The Labute approximate surface area is 121 Å². The lowest BCUT2D eigenvalue weighted by atomic mass is 10.1. The molecule has 0 amide bonds. The molecule has 2 atom stereocenters. The van der Waals surface area contributed by atoms with E-state index in [1.54, 1.807) is 7.11 Å². The molecule has 0 spiro atoms. The molecule has 112 valence electrons. The number of rotatable bonds is 9. The summed E-state index contributed by atoms with van der Waals surface area (Å²) in [5.41, 5.74) is 1.18. The summed E-state index contributed by atoms with van der Waals surface area (Å²) in [5, 5.41) is 13.2. The Morgan fingerprint density at radius 3 is 2.60 bits per heavy atom. The van der Waals surface area contributed by atoms with Gasteiger partial charge in [0, 0.05) is 19.2 Å². The number of ether oxygens (including phenoxy) is 2. The van der Waals surface area contributed by atoms with Gasteiger partial charge in [-0.3, -0.25) is 0 Å². The molecule has 1 fully saturated rings. The molecule has 1 aromatic rings. The molecule has 2 unspecified atom stereocenters. The van der Waals surface area contributed by atoms with Crippen LogP contribution in [-0.4, -0.2) is 38.1 Å². The van der Waals surface area contributed by atoms with E-state index in [0.29, 0.717) is 13.2 Å². The van der Waals surface area contributed by atoms with Gasteiger partial charge in [0.25, 0.3) is 0 Å². The van der Waals surface area contributed by atoms with E-state index in [2.05, 4.69) is 12.2 Å². The Hall–Kier alpha value is -1.10. The fourth-order valence-electron chi connectivity index (χ4n) is 2.04.